The van der Waals surface area contributed by atoms with Gasteiger partial charge in [0.1, 0.15) is 5.75 Å². The van der Waals surface area contributed by atoms with Crippen LogP contribution in [0.25, 0.3) is 0 Å². The minimum Gasteiger partial charge on any atom is -0.496 e. The van der Waals surface area contributed by atoms with E-state index in [0.29, 0.717) is 17.7 Å². The number of methoxy groups -OCH3 is 1. The predicted molar refractivity (Wildman–Crippen MR) is 86.1 cm³/mol. The number of primary sulfonamides is 1. The molecule has 2 aromatic rings. The monoisotopic (exact) mass is 320 g/mol. The normalized spacial score (nSPS) is 11.4. The minimum absolute atomic E-state index is 0.0665. The van der Waals surface area contributed by atoms with E-state index in [1.807, 2.05) is 30.3 Å². The third kappa shape index (κ3) is 3.85. The SMILES string of the molecule is COc1c(CN)cc(S(N)(=O)=O)cc1CCc1ccccc1. The smallest absolute Gasteiger partial charge is 0.238 e. The van der Waals surface area contributed by atoms with Crippen LogP contribution in [-0.2, 0) is 29.4 Å². The molecule has 118 valence electrons. The average Bonchev–Trinajstić information content (AvgIpc) is 2.51. The van der Waals surface area contributed by atoms with Crippen molar-refractivity contribution in [2.75, 3.05) is 7.11 Å². The highest BCUT2D eigenvalue weighted by Gasteiger charge is 2.16. The van der Waals surface area contributed by atoms with E-state index in [0.717, 1.165) is 12.0 Å². The van der Waals surface area contributed by atoms with Crippen LogP contribution in [0.4, 0.5) is 0 Å². The average molecular weight is 320 g/mol. The van der Waals surface area contributed by atoms with Gasteiger partial charge in [0.2, 0.25) is 10.0 Å². The van der Waals surface area contributed by atoms with Gasteiger partial charge in [0.15, 0.2) is 0 Å². The summed E-state index contributed by atoms with van der Waals surface area (Å²) in [4.78, 5) is 0.0665. The summed E-state index contributed by atoms with van der Waals surface area (Å²) in [6, 6.07) is 13.0. The molecule has 0 bridgehead atoms. The van der Waals surface area contributed by atoms with Crippen molar-refractivity contribution < 1.29 is 13.2 Å². The molecule has 2 aromatic carbocycles. The molecule has 0 aromatic heterocycles. The molecule has 2 rings (SSSR count). The van der Waals surface area contributed by atoms with Gasteiger partial charge in [-0.1, -0.05) is 30.3 Å². The molecule has 0 unspecified atom stereocenters. The molecule has 6 heteroatoms. The summed E-state index contributed by atoms with van der Waals surface area (Å²) in [6.07, 6.45) is 1.42. The second kappa shape index (κ2) is 6.91. The summed E-state index contributed by atoms with van der Waals surface area (Å²) in [5, 5.41) is 5.24. The van der Waals surface area contributed by atoms with Crippen LogP contribution < -0.4 is 15.6 Å². The summed E-state index contributed by atoms with van der Waals surface area (Å²) in [5.41, 5.74) is 8.29. The Labute approximate surface area is 131 Å². The fraction of sp³-hybridized carbons (Fsp3) is 0.250. The quantitative estimate of drug-likeness (QED) is 0.845. The molecular weight excluding hydrogens is 300 g/mol. The first-order chi connectivity index (χ1) is 10.5. The topological polar surface area (TPSA) is 95.4 Å². The summed E-state index contributed by atoms with van der Waals surface area (Å²) in [7, 11) is -2.22. The summed E-state index contributed by atoms with van der Waals surface area (Å²) in [5.74, 6) is 0.630. The molecule has 0 heterocycles. The van der Waals surface area contributed by atoms with Crippen LogP contribution in [0.2, 0.25) is 0 Å². The second-order valence-electron chi connectivity index (χ2n) is 5.01. The molecule has 0 saturated heterocycles. The molecule has 0 saturated carbocycles. The largest absolute Gasteiger partial charge is 0.496 e. The van der Waals surface area contributed by atoms with Crippen LogP contribution >= 0.6 is 0 Å². The Bertz CT molecular complexity index is 743. The second-order valence-corrected chi connectivity index (χ2v) is 6.57. The van der Waals surface area contributed by atoms with Gasteiger partial charge in [-0.05, 0) is 36.1 Å². The number of nitrogens with two attached hydrogens (primary N) is 2. The van der Waals surface area contributed by atoms with Gasteiger partial charge >= 0.3 is 0 Å². The standard InChI is InChI=1S/C16H20N2O3S/c1-21-16-13(8-7-12-5-3-2-4-6-12)9-15(22(18,19)20)10-14(16)11-17/h2-6,9-10H,7-8,11,17H2,1H3,(H2,18,19,20). The van der Waals surface area contributed by atoms with Crippen molar-refractivity contribution in [3.8, 4) is 5.75 Å². The molecule has 0 aliphatic rings. The molecule has 4 N–H and O–H groups in total. The highest BCUT2D eigenvalue weighted by Crippen LogP contribution is 2.28. The fourth-order valence-electron chi connectivity index (χ4n) is 2.41. The Hall–Kier alpha value is -1.89. The lowest BCUT2D eigenvalue weighted by Gasteiger charge is -2.15. The van der Waals surface area contributed by atoms with Crippen LogP contribution in [0, 0.1) is 0 Å². The third-order valence-corrected chi connectivity index (χ3v) is 4.39. The zero-order chi connectivity index (χ0) is 16.2. The molecule has 22 heavy (non-hydrogen) atoms. The third-order valence-electron chi connectivity index (χ3n) is 3.49. The first-order valence-electron chi connectivity index (χ1n) is 6.92. The Morgan fingerprint density at radius 2 is 1.68 bits per heavy atom. The van der Waals surface area contributed by atoms with Crippen molar-refractivity contribution in [1.82, 2.24) is 0 Å². The molecule has 0 fully saturated rings. The van der Waals surface area contributed by atoms with E-state index in [4.69, 9.17) is 15.6 Å². The number of sulfonamides is 1. The highest BCUT2D eigenvalue weighted by atomic mass is 32.2. The zero-order valence-corrected chi connectivity index (χ0v) is 13.3. The number of aryl methyl sites for hydroxylation is 2. The van der Waals surface area contributed by atoms with E-state index < -0.39 is 10.0 Å². The fourth-order valence-corrected chi connectivity index (χ4v) is 3.02. The predicted octanol–water partition coefficient (Wildman–Crippen LogP) is 1.59. The minimum atomic E-state index is -3.78. The van der Waals surface area contributed by atoms with E-state index in [9.17, 15) is 8.42 Å². The van der Waals surface area contributed by atoms with E-state index in [-0.39, 0.29) is 11.4 Å². The van der Waals surface area contributed by atoms with Gasteiger partial charge in [-0.15, -0.1) is 0 Å². The summed E-state index contributed by atoms with van der Waals surface area (Å²) in [6.45, 7) is 0.185. The Kier molecular flexibility index (Phi) is 5.18. The number of benzene rings is 2. The van der Waals surface area contributed by atoms with E-state index in [1.54, 1.807) is 13.2 Å². The van der Waals surface area contributed by atoms with Crippen molar-refractivity contribution in [2.24, 2.45) is 10.9 Å². The van der Waals surface area contributed by atoms with Crippen LogP contribution in [0.3, 0.4) is 0 Å². The number of rotatable bonds is 6. The van der Waals surface area contributed by atoms with Crippen LogP contribution in [-0.4, -0.2) is 15.5 Å². The van der Waals surface area contributed by atoms with Crippen LogP contribution in [0.1, 0.15) is 16.7 Å². The molecule has 0 spiro atoms. The first kappa shape index (κ1) is 16.5. The van der Waals surface area contributed by atoms with E-state index >= 15 is 0 Å². The summed E-state index contributed by atoms with van der Waals surface area (Å²) >= 11 is 0. The number of hydrogen-bond donors (Lipinski definition) is 2. The molecule has 0 atom stereocenters. The number of ether oxygens (including phenoxy) is 1. The lowest BCUT2D eigenvalue weighted by atomic mass is 10.0. The molecule has 0 radical (unpaired) electrons. The maximum Gasteiger partial charge on any atom is 0.238 e. The van der Waals surface area contributed by atoms with Crippen LogP contribution in [0.15, 0.2) is 47.4 Å². The van der Waals surface area contributed by atoms with Crippen molar-refractivity contribution in [3.05, 3.63) is 59.2 Å². The Morgan fingerprint density at radius 3 is 2.23 bits per heavy atom. The van der Waals surface area contributed by atoms with Gasteiger partial charge in [0.25, 0.3) is 0 Å². The Balaban J connectivity index is 2.39. The summed E-state index contributed by atoms with van der Waals surface area (Å²) < 4.78 is 28.7. The van der Waals surface area contributed by atoms with Gasteiger partial charge < -0.3 is 10.5 Å². The molecule has 0 amide bonds. The van der Waals surface area contributed by atoms with Gasteiger partial charge in [0.05, 0.1) is 12.0 Å². The maximum atomic E-state index is 11.6. The molecule has 0 aliphatic heterocycles. The first-order valence-corrected chi connectivity index (χ1v) is 8.47. The van der Waals surface area contributed by atoms with E-state index in [2.05, 4.69) is 0 Å². The van der Waals surface area contributed by atoms with Gasteiger partial charge in [-0.2, -0.15) is 0 Å². The zero-order valence-electron chi connectivity index (χ0n) is 12.5. The van der Waals surface area contributed by atoms with Crippen molar-refractivity contribution in [3.63, 3.8) is 0 Å². The lowest BCUT2D eigenvalue weighted by molar-refractivity contribution is 0.404. The van der Waals surface area contributed by atoms with Gasteiger partial charge in [0, 0.05) is 12.1 Å². The molecule has 5 nitrogen and oxygen atoms in total. The maximum absolute atomic E-state index is 11.6. The van der Waals surface area contributed by atoms with Crippen molar-refractivity contribution >= 4 is 10.0 Å². The molecular formula is C16H20N2O3S. The van der Waals surface area contributed by atoms with Gasteiger partial charge in [-0.3, -0.25) is 0 Å². The van der Waals surface area contributed by atoms with E-state index in [1.165, 1.54) is 11.6 Å². The lowest BCUT2D eigenvalue weighted by Crippen LogP contribution is -2.14. The molecule has 0 aliphatic carbocycles. The van der Waals surface area contributed by atoms with Gasteiger partial charge in [-0.25, -0.2) is 13.6 Å². The van der Waals surface area contributed by atoms with Crippen molar-refractivity contribution in [1.29, 1.82) is 0 Å². The highest BCUT2D eigenvalue weighted by molar-refractivity contribution is 7.89. The Morgan fingerprint density at radius 1 is 1.05 bits per heavy atom. The van der Waals surface area contributed by atoms with Crippen LogP contribution in [0.5, 0.6) is 5.75 Å². The number of hydrogen-bond acceptors (Lipinski definition) is 4. The van der Waals surface area contributed by atoms with Crippen molar-refractivity contribution in [2.45, 2.75) is 24.3 Å².